The Labute approximate surface area is 224 Å². The lowest BCUT2D eigenvalue weighted by atomic mass is 9.71. The second-order valence-corrected chi connectivity index (χ2v) is 10.1. The van der Waals surface area contributed by atoms with Crippen LogP contribution in [0.2, 0.25) is 0 Å². The average Bonchev–Trinajstić information content (AvgIpc) is 2.91. The molecule has 0 saturated heterocycles. The molecule has 1 aliphatic carbocycles. The molecule has 0 radical (unpaired) electrons. The number of nitrogens with one attached hydrogen (secondary N) is 1. The number of Topliss-reactive ketones (excluding diaryl/α,β-unsaturated/α-hetero) is 1. The van der Waals surface area contributed by atoms with Gasteiger partial charge in [-0.3, -0.25) is 4.79 Å². The minimum Gasteiger partial charge on any atom is -0.494 e. The summed E-state index contributed by atoms with van der Waals surface area (Å²) in [6.07, 6.45) is 0.937. The lowest BCUT2D eigenvalue weighted by Crippen LogP contribution is -2.36. The molecule has 0 amide bonds. The largest absolute Gasteiger partial charge is 0.494 e. The van der Waals surface area contributed by atoms with Gasteiger partial charge in [0.15, 0.2) is 17.3 Å². The lowest BCUT2D eigenvalue weighted by Gasteiger charge is -2.37. The zero-order chi connectivity index (χ0) is 27.4. The van der Waals surface area contributed by atoms with Crippen LogP contribution in [0.1, 0.15) is 63.5 Å². The second kappa shape index (κ2) is 11.8. The predicted octanol–water partition coefficient (Wildman–Crippen LogP) is 5.66. The fourth-order valence-corrected chi connectivity index (χ4v) is 5.29. The van der Waals surface area contributed by atoms with Crippen molar-refractivity contribution in [1.29, 1.82) is 0 Å². The van der Waals surface area contributed by atoms with Crippen molar-refractivity contribution in [2.75, 3.05) is 27.4 Å². The van der Waals surface area contributed by atoms with Crippen molar-refractivity contribution in [3.63, 3.8) is 0 Å². The molecule has 1 heterocycles. The number of hydrogen-bond acceptors (Lipinski definition) is 7. The van der Waals surface area contributed by atoms with E-state index < -0.39 is 11.9 Å². The number of ketones is 1. The number of carbonyl (C=O) groups excluding carboxylic acids is 2. The molecule has 0 unspecified atom stereocenters. The maximum Gasteiger partial charge on any atom is 0.336 e. The minimum absolute atomic E-state index is 0.00324. The topological polar surface area (TPSA) is 83.1 Å². The van der Waals surface area contributed by atoms with Crippen LogP contribution >= 0.6 is 0 Å². The van der Waals surface area contributed by atoms with Gasteiger partial charge in [0, 0.05) is 29.0 Å². The number of methoxy groups -OCH3 is 2. The van der Waals surface area contributed by atoms with Crippen LogP contribution in [-0.4, -0.2) is 39.2 Å². The molecule has 4 rings (SSSR count). The number of carbonyl (C=O) groups is 2. The predicted molar refractivity (Wildman–Crippen MR) is 146 cm³/mol. The SMILES string of the molecule is CCOc1ccccc1[C@@H]1C(C(=O)OCC(C)C)=C(C)NC2=C1C(=O)C[C@H](c1ccc(OC)c(OC)c1)C2. The number of esters is 1. The van der Waals surface area contributed by atoms with Gasteiger partial charge < -0.3 is 24.3 Å². The number of dihydropyridines is 1. The van der Waals surface area contributed by atoms with Gasteiger partial charge in [-0.05, 0) is 55.9 Å². The minimum atomic E-state index is -0.576. The molecule has 2 aromatic rings. The summed E-state index contributed by atoms with van der Waals surface area (Å²) in [4.78, 5) is 27.4. The smallest absolute Gasteiger partial charge is 0.336 e. The second-order valence-electron chi connectivity index (χ2n) is 10.1. The first-order chi connectivity index (χ1) is 18.3. The quantitative estimate of drug-likeness (QED) is 0.428. The van der Waals surface area contributed by atoms with Crippen LogP contribution in [0.4, 0.5) is 0 Å². The van der Waals surface area contributed by atoms with Crippen molar-refractivity contribution < 1.29 is 28.5 Å². The Morgan fingerprint density at radius 1 is 1.03 bits per heavy atom. The Balaban J connectivity index is 1.79. The molecule has 2 atom stereocenters. The number of rotatable bonds is 9. The molecule has 0 spiro atoms. The van der Waals surface area contributed by atoms with E-state index in [-0.39, 0.29) is 17.6 Å². The van der Waals surface area contributed by atoms with E-state index in [0.717, 1.165) is 16.8 Å². The third kappa shape index (κ3) is 5.42. The lowest BCUT2D eigenvalue weighted by molar-refractivity contribution is -0.140. The summed E-state index contributed by atoms with van der Waals surface area (Å²) >= 11 is 0. The van der Waals surface area contributed by atoms with Crippen molar-refractivity contribution >= 4 is 11.8 Å². The highest BCUT2D eigenvalue weighted by molar-refractivity contribution is 6.04. The van der Waals surface area contributed by atoms with Crippen LogP contribution in [-0.2, 0) is 14.3 Å². The first-order valence-corrected chi connectivity index (χ1v) is 13.1. The van der Waals surface area contributed by atoms with E-state index >= 15 is 0 Å². The van der Waals surface area contributed by atoms with Gasteiger partial charge in [-0.1, -0.05) is 38.1 Å². The highest BCUT2D eigenvalue weighted by atomic mass is 16.5. The Bertz CT molecular complexity index is 1270. The van der Waals surface area contributed by atoms with E-state index in [1.54, 1.807) is 14.2 Å². The standard InChI is InChI=1S/C31H37NO6/c1-7-37-25-11-9-8-10-22(25)29-28(31(34)38-17-18(2)3)19(4)32-23-14-21(15-24(33)30(23)29)20-12-13-26(35-5)27(16-20)36-6/h8-13,16,18,21,29,32H,7,14-15,17H2,1-6H3/t21-,29-/m1/s1. The summed E-state index contributed by atoms with van der Waals surface area (Å²) in [6.45, 7) is 8.55. The van der Waals surface area contributed by atoms with Crippen LogP contribution in [0.5, 0.6) is 17.2 Å². The molecule has 202 valence electrons. The maximum absolute atomic E-state index is 13.9. The molecule has 7 nitrogen and oxygen atoms in total. The highest BCUT2D eigenvalue weighted by Gasteiger charge is 2.42. The number of benzene rings is 2. The van der Waals surface area contributed by atoms with Gasteiger partial charge in [0.25, 0.3) is 0 Å². The Kier molecular flexibility index (Phi) is 8.45. The third-order valence-electron chi connectivity index (χ3n) is 7.00. The van der Waals surface area contributed by atoms with Crippen molar-refractivity contribution in [1.82, 2.24) is 5.32 Å². The molecule has 7 heteroatoms. The van der Waals surface area contributed by atoms with Gasteiger partial charge >= 0.3 is 5.97 Å². The van der Waals surface area contributed by atoms with E-state index in [9.17, 15) is 9.59 Å². The van der Waals surface area contributed by atoms with Crippen LogP contribution in [0, 0.1) is 5.92 Å². The van der Waals surface area contributed by atoms with E-state index in [1.165, 1.54) is 0 Å². The molecule has 2 aromatic carbocycles. The number of allylic oxidation sites excluding steroid dienone is 3. The third-order valence-corrected chi connectivity index (χ3v) is 7.00. The molecule has 0 saturated carbocycles. The molecule has 38 heavy (non-hydrogen) atoms. The van der Waals surface area contributed by atoms with Gasteiger partial charge in [0.1, 0.15) is 5.75 Å². The molecule has 0 aromatic heterocycles. The van der Waals surface area contributed by atoms with Gasteiger partial charge in [0.2, 0.25) is 0 Å². The van der Waals surface area contributed by atoms with E-state index in [0.29, 0.717) is 60.1 Å². The van der Waals surface area contributed by atoms with Crippen molar-refractivity contribution in [2.24, 2.45) is 5.92 Å². The maximum atomic E-state index is 13.9. The van der Waals surface area contributed by atoms with Crippen LogP contribution in [0.3, 0.4) is 0 Å². The zero-order valence-corrected chi connectivity index (χ0v) is 23.1. The summed E-state index contributed by atoms with van der Waals surface area (Å²) < 4.78 is 22.5. The summed E-state index contributed by atoms with van der Waals surface area (Å²) in [6, 6.07) is 13.4. The summed E-state index contributed by atoms with van der Waals surface area (Å²) in [7, 11) is 3.20. The average molecular weight is 520 g/mol. The van der Waals surface area contributed by atoms with Crippen LogP contribution in [0.25, 0.3) is 0 Å². The summed E-state index contributed by atoms with van der Waals surface area (Å²) in [5.74, 6) is 1.09. The fraction of sp³-hybridized carbons (Fsp3) is 0.419. The molecular weight excluding hydrogens is 482 g/mol. The normalized spacial score (nSPS) is 19.2. The van der Waals surface area contributed by atoms with Gasteiger partial charge in [-0.25, -0.2) is 4.79 Å². The zero-order valence-electron chi connectivity index (χ0n) is 23.1. The number of para-hydroxylation sites is 1. The monoisotopic (exact) mass is 519 g/mol. The number of ether oxygens (including phenoxy) is 4. The molecule has 1 N–H and O–H groups in total. The van der Waals surface area contributed by atoms with Crippen LogP contribution < -0.4 is 19.5 Å². The highest BCUT2D eigenvalue weighted by Crippen LogP contribution is 2.48. The Morgan fingerprint density at radius 3 is 2.45 bits per heavy atom. The molecular formula is C31H37NO6. The van der Waals surface area contributed by atoms with Crippen molar-refractivity contribution in [3.8, 4) is 17.2 Å². The summed E-state index contributed by atoms with van der Waals surface area (Å²) in [5, 5.41) is 3.41. The molecule has 0 fully saturated rings. The molecule has 1 aliphatic heterocycles. The van der Waals surface area contributed by atoms with Gasteiger partial charge in [-0.2, -0.15) is 0 Å². The van der Waals surface area contributed by atoms with Gasteiger partial charge in [-0.15, -0.1) is 0 Å². The first-order valence-electron chi connectivity index (χ1n) is 13.1. The first kappa shape index (κ1) is 27.3. The molecule has 2 aliphatic rings. The van der Waals surface area contributed by atoms with Crippen molar-refractivity contribution in [3.05, 3.63) is 76.1 Å². The van der Waals surface area contributed by atoms with Crippen molar-refractivity contribution in [2.45, 2.75) is 52.4 Å². The van der Waals surface area contributed by atoms with E-state index in [2.05, 4.69) is 5.32 Å². The van der Waals surface area contributed by atoms with Gasteiger partial charge in [0.05, 0.1) is 38.9 Å². The Morgan fingerprint density at radius 2 is 1.76 bits per heavy atom. The molecule has 0 bridgehead atoms. The van der Waals surface area contributed by atoms with E-state index in [1.807, 2.05) is 70.2 Å². The van der Waals surface area contributed by atoms with Crippen LogP contribution in [0.15, 0.2) is 65.0 Å². The summed E-state index contributed by atoms with van der Waals surface area (Å²) in [5.41, 5.74) is 4.37. The number of hydrogen-bond donors (Lipinski definition) is 1. The fourth-order valence-electron chi connectivity index (χ4n) is 5.29. The Hall–Kier alpha value is -3.74. The van der Waals surface area contributed by atoms with E-state index in [4.69, 9.17) is 18.9 Å².